The van der Waals surface area contributed by atoms with Gasteiger partial charge in [-0.25, -0.2) is 9.59 Å². The molecule has 18 heavy (non-hydrogen) atoms. The van der Waals surface area contributed by atoms with Gasteiger partial charge in [0.05, 0.1) is 0 Å². The maximum absolute atomic E-state index is 11.7. The summed E-state index contributed by atoms with van der Waals surface area (Å²) in [6, 6.07) is 6.70. The van der Waals surface area contributed by atoms with Crippen LogP contribution < -0.4 is 15.0 Å². The molecule has 2 amide bonds. The molecular formula is C12H14N2O4. The van der Waals surface area contributed by atoms with E-state index in [1.807, 2.05) is 0 Å². The van der Waals surface area contributed by atoms with Gasteiger partial charge in [0.25, 0.3) is 0 Å². The zero-order valence-corrected chi connectivity index (χ0v) is 9.76. The minimum Gasteiger partial charge on any atom is -0.482 e. The van der Waals surface area contributed by atoms with Gasteiger partial charge in [-0.2, -0.15) is 0 Å². The van der Waals surface area contributed by atoms with E-state index in [1.54, 1.807) is 29.2 Å². The smallest absolute Gasteiger partial charge is 0.341 e. The number of carbonyl (C=O) groups is 2. The van der Waals surface area contributed by atoms with E-state index >= 15 is 0 Å². The van der Waals surface area contributed by atoms with E-state index in [2.05, 4.69) is 5.32 Å². The Kier molecular flexibility index (Phi) is 3.66. The van der Waals surface area contributed by atoms with Gasteiger partial charge in [-0.15, -0.1) is 0 Å². The molecule has 0 radical (unpaired) electrons. The first-order valence-electron chi connectivity index (χ1n) is 5.67. The molecule has 1 heterocycles. The van der Waals surface area contributed by atoms with E-state index in [1.165, 1.54) is 0 Å². The third kappa shape index (κ3) is 2.91. The van der Waals surface area contributed by atoms with Gasteiger partial charge < -0.3 is 15.2 Å². The Bertz CT molecular complexity index is 461. The largest absolute Gasteiger partial charge is 0.482 e. The van der Waals surface area contributed by atoms with Crippen molar-refractivity contribution in [2.24, 2.45) is 0 Å². The number of anilines is 1. The number of carboxylic acids is 1. The first kappa shape index (κ1) is 12.2. The molecule has 1 aromatic carbocycles. The standard InChI is InChI=1S/C12H14N2O4/c15-11(16)8-18-10-4-1-3-9(7-10)14-6-2-5-13-12(14)17/h1,3-4,7H,2,5-6,8H2,(H,13,17)(H,15,16). The maximum Gasteiger partial charge on any atom is 0.341 e. The van der Waals surface area contributed by atoms with E-state index in [4.69, 9.17) is 9.84 Å². The van der Waals surface area contributed by atoms with E-state index in [-0.39, 0.29) is 6.03 Å². The minimum atomic E-state index is -1.03. The van der Waals surface area contributed by atoms with Gasteiger partial charge in [-0.1, -0.05) is 6.07 Å². The molecule has 0 aliphatic carbocycles. The number of rotatable bonds is 4. The molecule has 1 aromatic rings. The summed E-state index contributed by atoms with van der Waals surface area (Å²) >= 11 is 0. The number of urea groups is 1. The van der Waals surface area contributed by atoms with E-state index in [0.717, 1.165) is 6.42 Å². The summed E-state index contributed by atoms with van der Waals surface area (Å²) in [5.41, 5.74) is 0.704. The highest BCUT2D eigenvalue weighted by atomic mass is 16.5. The second-order valence-electron chi connectivity index (χ2n) is 3.92. The lowest BCUT2D eigenvalue weighted by molar-refractivity contribution is -0.139. The van der Waals surface area contributed by atoms with Crippen molar-refractivity contribution in [3.8, 4) is 5.75 Å². The summed E-state index contributed by atoms with van der Waals surface area (Å²) in [7, 11) is 0. The molecule has 96 valence electrons. The molecule has 0 aromatic heterocycles. The molecule has 0 unspecified atom stereocenters. The number of nitrogens with zero attached hydrogens (tertiary/aromatic N) is 1. The first-order valence-corrected chi connectivity index (χ1v) is 5.67. The fourth-order valence-corrected chi connectivity index (χ4v) is 1.76. The Labute approximate surface area is 104 Å². The second-order valence-corrected chi connectivity index (χ2v) is 3.92. The maximum atomic E-state index is 11.7. The van der Waals surface area contributed by atoms with Crippen LogP contribution in [0.4, 0.5) is 10.5 Å². The van der Waals surface area contributed by atoms with Crippen LogP contribution in [0.15, 0.2) is 24.3 Å². The second kappa shape index (κ2) is 5.39. The topological polar surface area (TPSA) is 78.9 Å². The third-order valence-electron chi connectivity index (χ3n) is 2.57. The Balaban J connectivity index is 2.10. The lowest BCUT2D eigenvalue weighted by Crippen LogP contribution is -2.46. The Hall–Kier alpha value is -2.24. The summed E-state index contributed by atoms with van der Waals surface area (Å²) in [6.07, 6.45) is 0.881. The predicted octanol–water partition coefficient (Wildman–Crippen LogP) is 1.07. The highest BCUT2D eigenvalue weighted by Crippen LogP contribution is 2.22. The van der Waals surface area contributed by atoms with Crippen LogP contribution in [0.5, 0.6) is 5.75 Å². The highest BCUT2D eigenvalue weighted by Gasteiger charge is 2.19. The quantitative estimate of drug-likeness (QED) is 0.837. The van der Waals surface area contributed by atoms with Crippen molar-refractivity contribution >= 4 is 17.7 Å². The van der Waals surface area contributed by atoms with Crippen LogP contribution in [0, 0.1) is 0 Å². The number of hydrogen-bond donors (Lipinski definition) is 2. The average Bonchev–Trinajstić information content (AvgIpc) is 2.37. The van der Waals surface area contributed by atoms with Crippen molar-refractivity contribution < 1.29 is 19.4 Å². The first-order chi connectivity index (χ1) is 8.66. The number of amides is 2. The fraction of sp³-hybridized carbons (Fsp3) is 0.333. The lowest BCUT2D eigenvalue weighted by atomic mass is 10.2. The predicted molar refractivity (Wildman–Crippen MR) is 64.9 cm³/mol. The van der Waals surface area contributed by atoms with Crippen molar-refractivity contribution in [2.45, 2.75) is 6.42 Å². The van der Waals surface area contributed by atoms with E-state index < -0.39 is 12.6 Å². The van der Waals surface area contributed by atoms with Gasteiger partial charge in [0.2, 0.25) is 0 Å². The Morgan fingerprint density at radius 2 is 2.33 bits per heavy atom. The lowest BCUT2D eigenvalue weighted by Gasteiger charge is -2.27. The van der Waals surface area contributed by atoms with Crippen molar-refractivity contribution in [2.75, 3.05) is 24.6 Å². The molecular weight excluding hydrogens is 236 g/mol. The van der Waals surface area contributed by atoms with Gasteiger partial charge >= 0.3 is 12.0 Å². The van der Waals surface area contributed by atoms with Gasteiger partial charge in [0.15, 0.2) is 6.61 Å². The summed E-state index contributed by atoms with van der Waals surface area (Å²) in [6.45, 7) is 0.939. The molecule has 0 saturated carbocycles. The molecule has 2 N–H and O–H groups in total. The van der Waals surface area contributed by atoms with E-state index in [0.29, 0.717) is 24.5 Å². The van der Waals surface area contributed by atoms with Crippen LogP contribution in [-0.2, 0) is 4.79 Å². The highest BCUT2D eigenvalue weighted by molar-refractivity contribution is 5.92. The molecule has 0 bridgehead atoms. The number of benzene rings is 1. The molecule has 2 rings (SSSR count). The number of aliphatic carboxylic acids is 1. The zero-order chi connectivity index (χ0) is 13.0. The molecule has 1 fully saturated rings. The summed E-state index contributed by atoms with van der Waals surface area (Å²) in [4.78, 5) is 23.7. The van der Waals surface area contributed by atoms with Crippen LogP contribution >= 0.6 is 0 Å². The summed E-state index contributed by atoms with van der Waals surface area (Å²) in [5, 5.41) is 11.3. The molecule has 1 saturated heterocycles. The van der Waals surface area contributed by atoms with Crippen molar-refractivity contribution in [3.05, 3.63) is 24.3 Å². The van der Waals surface area contributed by atoms with Crippen LogP contribution in [0.1, 0.15) is 6.42 Å². The number of ether oxygens (including phenoxy) is 1. The van der Waals surface area contributed by atoms with Crippen molar-refractivity contribution in [1.82, 2.24) is 5.32 Å². The molecule has 1 aliphatic heterocycles. The van der Waals surface area contributed by atoms with Gasteiger partial charge in [0, 0.05) is 24.8 Å². The SMILES string of the molecule is O=C(O)COc1cccc(N2CCCNC2=O)c1. The number of carbonyl (C=O) groups excluding carboxylic acids is 1. The van der Waals surface area contributed by atoms with E-state index in [9.17, 15) is 9.59 Å². The molecule has 1 aliphatic rings. The Morgan fingerprint density at radius 1 is 1.50 bits per heavy atom. The molecule has 0 spiro atoms. The number of nitrogens with one attached hydrogen (secondary N) is 1. The fourth-order valence-electron chi connectivity index (χ4n) is 1.76. The van der Waals surface area contributed by atoms with Crippen molar-refractivity contribution in [1.29, 1.82) is 0 Å². The minimum absolute atomic E-state index is 0.142. The van der Waals surface area contributed by atoms with Gasteiger partial charge in [-0.3, -0.25) is 4.90 Å². The van der Waals surface area contributed by atoms with Crippen molar-refractivity contribution in [3.63, 3.8) is 0 Å². The van der Waals surface area contributed by atoms with Gasteiger partial charge in [0.1, 0.15) is 5.75 Å². The average molecular weight is 250 g/mol. The monoisotopic (exact) mass is 250 g/mol. The number of carboxylic acid groups (broad SMARTS) is 1. The normalized spacial score (nSPS) is 15.1. The van der Waals surface area contributed by atoms with Gasteiger partial charge in [-0.05, 0) is 18.6 Å². The number of hydrogen-bond acceptors (Lipinski definition) is 3. The van der Waals surface area contributed by atoms with Crippen LogP contribution in [0.3, 0.4) is 0 Å². The van der Waals surface area contributed by atoms with Crippen LogP contribution in [0.2, 0.25) is 0 Å². The van der Waals surface area contributed by atoms with Crippen LogP contribution in [0.25, 0.3) is 0 Å². The summed E-state index contributed by atoms with van der Waals surface area (Å²) in [5.74, 6) is -0.593. The molecule has 0 atom stereocenters. The molecule has 6 heteroatoms. The molecule has 6 nitrogen and oxygen atoms in total. The Morgan fingerprint density at radius 3 is 3.06 bits per heavy atom. The van der Waals surface area contributed by atoms with Crippen LogP contribution in [-0.4, -0.2) is 36.8 Å². The zero-order valence-electron chi connectivity index (χ0n) is 9.76. The summed E-state index contributed by atoms with van der Waals surface area (Å²) < 4.78 is 5.08. The third-order valence-corrected chi connectivity index (χ3v) is 2.57.